The third kappa shape index (κ3) is 5.26. The molecule has 0 fully saturated rings. The van der Waals surface area contributed by atoms with Crippen LogP contribution in [0.25, 0.3) is 0 Å². The molecule has 4 heteroatoms. The number of aryl methyl sites for hydroxylation is 3. The molecule has 0 aromatic heterocycles. The second-order valence-corrected chi connectivity index (χ2v) is 8.13. The number of fused-ring (bicyclic) bond motifs is 1. The van der Waals surface area contributed by atoms with Gasteiger partial charge in [0, 0.05) is 12.0 Å². The molecule has 1 N–H and O–H groups in total. The van der Waals surface area contributed by atoms with E-state index in [4.69, 9.17) is 9.47 Å². The van der Waals surface area contributed by atoms with E-state index in [1.807, 2.05) is 68.4 Å². The minimum Gasteiger partial charge on any atom is -0.490 e. The molecule has 160 valence electrons. The Bertz CT molecular complexity index is 1050. The van der Waals surface area contributed by atoms with E-state index in [0.717, 1.165) is 47.5 Å². The number of ether oxygens (including phenoxy) is 2. The van der Waals surface area contributed by atoms with Gasteiger partial charge < -0.3 is 14.8 Å². The van der Waals surface area contributed by atoms with Crippen LogP contribution in [0.2, 0.25) is 0 Å². The SMILES string of the molecule is Cc1ccc(C(=O)NC(CCc2ccccc2)c2ccc3c(c2)OCCCO3)c(C)c1. The maximum atomic E-state index is 13.1. The van der Waals surface area contributed by atoms with E-state index < -0.39 is 0 Å². The Morgan fingerprint density at radius 3 is 2.48 bits per heavy atom. The van der Waals surface area contributed by atoms with Crippen LogP contribution in [0.5, 0.6) is 11.5 Å². The second kappa shape index (κ2) is 9.69. The molecule has 1 heterocycles. The highest BCUT2D eigenvalue weighted by Crippen LogP contribution is 2.33. The fourth-order valence-electron chi connectivity index (χ4n) is 3.98. The van der Waals surface area contributed by atoms with Gasteiger partial charge in [-0.05, 0) is 61.6 Å². The van der Waals surface area contributed by atoms with Gasteiger partial charge in [-0.15, -0.1) is 0 Å². The number of benzene rings is 3. The van der Waals surface area contributed by atoms with Crippen molar-refractivity contribution in [2.24, 2.45) is 0 Å². The lowest BCUT2D eigenvalue weighted by Crippen LogP contribution is -2.29. The molecule has 0 aliphatic carbocycles. The van der Waals surface area contributed by atoms with Crippen molar-refractivity contribution in [3.8, 4) is 11.5 Å². The second-order valence-electron chi connectivity index (χ2n) is 8.13. The number of carbonyl (C=O) groups is 1. The fraction of sp³-hybridized carbons (Fsp3) is 0.296. The topological polar surface area (TPSA) is 47.6 Å². The van der Waals surface area contributed by atoms with Crippen molar-refractivity contribution in [2.45, 2.75) is 39.2 Å². The van der Waals surface area contributed by atoms with Gasteiger partial charge in [-0.3, -0.25) is 4.79 Å². The van der Waals surface area contributed by atoms with Crippen LogP contribution in [-0.2, 0) is 6.42 Å². The van der Waals surface area contributed by atoms with Crippen molar-refractivity contribution in [3.05, 3.63) is 94.5 Å². The Balaban J connectivity index is 1.59. The summed E-state index contributed by atoms with van der Waals surface area (Å²) in [6.07, 6.45) is 2.53. The molecule has 0 spiro atoms. The maximum Gasteiger partial charge on any atom is 0.252 e. The van der Waals surface area contributed by atoms with Crippen LogP contribution in [0.15, 0.2) is 66.7 Å². The molecule has 3 aromatic rings. The van der Waals surface area contributed by atoms with Crippen LogP contribution in [0, 0.1) is 13.8 Å². The molecule has 0 saturated carbocycles. The largest absolute Gasteiger partial charge is 0.490 e. The fourth-order valence-corrected chi connectivity index (χ4v) is 3.98. The Labute approximate surface area is 184 Å². The summed E-state index contributed by atoms with van der Waals surface area (Å²) in [6, 6.07) is 22.2. The summed E-state index contributed by atoms with van der Waals surface area (Å²) in [5.41, 5.74) is 5.13. The van der Waals surface area contributed by atoms with Crippen LogP contribution >= 0.6 is 0 Å². The molecule has 0 bridgehead atoms. The molecule has 31 heavy (non-hydrogen) atoms. The summed E-state index contributed by atoms with van der Waals surface area (Å²) in [5.74, 6) is 1.46. The Kier molecular flexibility index (Phi) is 6.56. The summed E-state index contributed by atoms with van der Waals surface area (Å²) < 4.78 is 11.7. The van der Waals surface area contributed by atoms with E-state index in [2.05, 4.69) is 17.4 Å². The maximum absolute atomic E-state index is 13.1. The van der Waals surface area contributed by atoms with E-state index in [9.17, 15) is 4.79 Å². The van der Waals surface area contributed by atoms with Gasteiger partial charge in [-0.25, -0.2) is 0 Å². The summed E-state index contributed by atoms with van der Waals surface area (Å²) in [7, 11) is 0. The molecule has 0 saturated heterocycles. The zero-order valence-corrected chi connectivity index (χ0v) is 18.2. The average molecular weight is 416 g/mol. The van der Waals surface area contributed by atoms with E-state index in [0.29, 0.717) is 18.8 Å². The van der Waals surface area contributed by atoms with Crippen molar-refractivity contribution in [1.82, 2.24) is 5.32 Å². The normalized spacial score (nSPS) is 13.9. The zero-order chi connectivity index (χ0) is 21.6. The smallest absolute Gasteiger partial charge is 0.252 e. The molecule has 3 aromatic carbocycles. The van der Waals surface area contributed by atoms with Crippen molar-refractivity contribution in [2.75, 3.05) is 13.2 Å². The average Bonchev–Trinajstić information content (AvgIpc) is 3.02. The molecule has 1 aliphatic heterocycles. The molecule has 4 nitrogen and oxygen atoms in total. The van der Waals surface area contributed by atoms with E-state index in [1.165, 1.54) is 5.56 Å². The number of hydrogen-bond acceptors (Lipinski definition) is 3. The first-order chi connectivity index (χ1) is 15.1. The van der Waals surface area contributed by atoms with Crippen LogP contribution in [0.4, 0.5) is 0 Å². The predicted molar refractivity (Wildman–Crippen MR) is 123 cm³/mol. The van der Waals surface area contributed by atoms with Crippen molar-refractivity contribution >= 4 is 5.91 Å². The molecule has 0 radical (unpaired) electrons. The Morgan fingerprint density at radius 1 is 0.935 bits per heavy atom. The van der Waals surface area contributed by atoms with Gasteiger partial charge >= 0.3 is 0 Å². The molecular formula is C27H29NO3. The lowest BCUT2D eigenvalue weighted by Gasteiger charge is -2.21. The summed E-state index contributed by atoms with van der Waals surface area (Å²) in [6.45, 7) is 5.32. The summed E-state index contributed by atoms with van der Waals surface area (Å²) in [4.78, 5) is 13.1. The van der Waals surface area contributed by atoms with Gasteiger partial charge in [0.1, 0.15) is 0 Å². The summed E-state index contributed by atoms with van der Waals surface area (Å²) in [5, 5.41) is 3.27. The number of hydrogen-bond donors (Lipinski definition) is 1. The van der Waals surface area contributed by atoms with Crippen LogP contribution in [0.3, 0.4) is 0 Å². The number of carbonyl (C=O) groups excluding carboxylic acids is 1. The van der Waals surface area contributed by atoms with Crippen molar-refractivity contribution in [1.29, 1.82) is 0 Å². The molecule has 1 unspecified atom stereocenters. The number of rotatable bonds is 6. The minimum atomic E-state index is -0.134. The number of nitrogens with one attached hydrogen (secondary N) is 1. The van der Waals surface area contributed by atoms with Crippen LogP contribution in [0.1, 0.15) is 51.5 Å². The van der Waals surface area contributed by atoms with Crippen LogP contribution < -0.4 is 14.8 Å². The predicted octanol–water partition coefficient (Wildman–Crippen LogP) is 5.57. The van der Waals surface area contributed by atoms with Crippen LogP contribution in [-0.4, -0.2) is 19.1 Å². The van der Waals surface area contributed by atoms with Crippen molar-refractivity contribution < 1.29 is 14.3 Å². The first-order valence-corrected chi connectivity index (χ1v) is 10.9. The number of amides is 1. The van der Waals surface area contributed by atoms with Gasteiger partial charge in [-0.1, -0.05) is 54.1 Å². The van der Waals surface area contributed by atoms with Gasteiger partial charge in [-0.2, -0.15) is 0 Å². The third-order valence-electron chi connectivity index (χ3n) is 5.67. The first kappa shape index (κ1) is 21.0. The molecule has 1 aliphatic rings. The van der Waals surface area contributed by atoms with Crippen molar-refractivity contribution in [3.63, 3.8) is 0 Å². The highest BCUT2D eigenvalue weighted by Gasteiger charge is 2.20. The standard InChI is InChI=1S/C27H29NO3/c1-19-9-12-23(20(2)17-19)27(29)28-24(13-10-21-7-4-3-5-8-21)22-11-14-25-26(18-22)31-16-6-15-30-25/h3-5,7-9,11-12,14,17-18,24H,6,10,13,15-16H2,1-2H3,(H,28,29). The highest BCUT2D eigenvalue weighted by atomic mass is 16.5. The monoisotopic (exact) mass is 415 g/mol. The van der Waals surface area contributed by atoms with Gasteiger partial charge in [0.05, 0.1) is 19.3 Å². The Hall–Kier alpha value is -3.27. The first-order valence-electron chi connectivity index (χ1n) is 10.9. The molecule has 1 amide bonds. The summed E-state index contributed by atoms with van der Waals surface area (Å²) >= 11 is 0. The van der Waals surface area contributed by atoms with Gasteiger partial charge in [0.25, 0.3) is 5.91 Å². The van der Waals surface area contributed by atoms with Gasteiger partial charge in [0.2, 0.25) is 0 Å². The van der Waals surface area contributed by atoms with E-state index in [1.54, 1.807) is 0 Å². The van der Waals surface area contributed by atoms with E-state index in [-0.39, 0.29) is 11.9 Å². The quantitative estimate of drug-likeness (QED) is 0.573. The molecule has 1 atom stereocenters. The third-order valence-corrected chi connectivity index (χ3v) is 5.67. The van der Waals surface area contributed by atoms with E-state index >= 15 is 0 Å². The lowest BCUT2D eigenvalue weighted by atomic mass is 9.97. The molecular weight excluding hydrogens is 386 g/mol. The Morgan fingerprint density at radius 2 is 1.71 bits per heavy atom. The van der Waals surface area contributed by atoms with Gasteiger partial charge in [0.15, 0.2) is 11.5 Å². The lowest BCUT2D eigenvalue weighted by molar-refractivity contribution is 0.0934. The minimum absolute atomic E-state index is 0.0531. The zero-order valence-electron chi connectivity index (χ0n) is 18.2. The molecule has 4 rings (SSSR count). The highest BCUT2D eigenvalue weighted by molar-refractivity contribution is 5.96.